The van der Waals surface area contributed by atoms with Crippen LogP contribution in [0.2, 0.25) is 5.02 Å². The molecule has 0 aromatic heterocycles. The molecule has 2 heteroatoms. The Labute approximate surface area is 116 Å². The van der Waals surface area contributed by atoms with E-state index < -0.39 is 0 Å². The Hall–Kier alpha value is -0.530. The predicted molar refractivity (Wildman–Crippen MR) is 79.0 cm³/mol. The molecule has 1 N–H and O–H groups in total. The Morgan fingerprint density at radius 2 is 2.06 bits per heavy atom. The first kappa shape index (κ1) is 13.9. The Kier molecular flexibility index (Phi) is 4.69. The molecule has 1 saturated carbocycles. The highest BCUT2D eigenvalue weighted by Crippen LogP contribution is 2.35. The Morgan fingerprint density at radius 1 is 1.33 bits per heavy atom. The smallest absolute Gasteiger partial charge is 0.0409 e. The molecule has 1 aliphatic carbocycles. The van der Waals surface area contributed by atoms with Crippen LogP contribution >= 0.6 is 11.6 Å². The van der Waals surface area contributed by atoms with E-state index in [4.69, 9.17) is 11.6 Å². The number of hydrogen-bond acceptors (Lipinski definition) is 1. The fraction of sp³-hybridized carbons (Fsp3) is 0.625. The van der Waals surface area contributed by atoms with Crippen molar-refractivity contribution in [3.63, 3.8) is 0 Å². The molecule has 0 heterocycles. The Balaban J connectivity index is 1.91. The van der Waals surface area contributed by atoms with Crippen molar-refractivity contribution >= 4 is 11.6 Å². The van der Waals surface area contributed by atoms with Gasteiger partial charge in [-0.2, -0.15) is 0 Å². The summed E-state index contributed by atoms with van der Waals surface area (Å²) in [6.45, 7) is 6.89. The fourth-order valence-electron chi connectivity index (χ4n) is 2.80. The molecule has 1 aliphatic rings. The molecular formula is C16H24ClN. The normalized spacial score (nSPS) is 24.9. The molecule has 2 rings (SSSR count). The third-order valence-corrected chi connectivity index (χ3v) is 4.45. The Morgan fingerprint density at radius 3 is 2.61 bits per heavy atom. The number of benzene rings is 1. The zero-order valence-electron chi connectivity index (χ0n) is 11.6. The van der Waals surface area contributed by atoms with Gasteiger partial charge in [-0.05, 0) is 48.8 Å². The molecule has 1 nitrogen and oxygen atoms in total. The van der Waals surface area contributed by atoms with Crippen LogP contribution in [0.4, 0.5) is 0 Å². The van der Waals surface area contributed by atoms with Crippen LogP contribution in [0, 0.1) is 11.8 Å². The summed E-state index contributed by atoms with van der Waals surface area (Å²) in [5.74, 6) is 1.74. The van der Waals surface area contributed by atoms with E-state index in [1.165, 1.54) is 18.4 Å². The first-order valence-electron chi connectivity index (χ1n) is 7.11. The summed E-state index contributed by atoms with van der Waals surface area (Å²) in [6, 6.07) is 9.38. The van der Waals surface area contributed by atoms with Crippen molar-refractivity contribution < 1.29 is 0 Å². The van der Waals surface area contributed by atoms with Crippen LogP contribution < -0.4 is 5.32 Å². The molecule has 1 unspecified atom stereocenters. The lowest BCUT2D eigenvalue weighted by Gasteiger charge is -2.40. The van der Waals surface area contributed by atoms with Gasteiger partial charge in [-0.3, -0.25) is 0 Å². The highest BCUT2D eigenvalue weighted by Gasteiger charge is 2.32. The molecule has 0 aliphatic heterocycles. The lowest BCUT2D eigenvalue weighted by atomic mass is 9.73. The van der Waals surface area contributed by atoms with Gasteiger partial charge in [0.05, 0.1) is 0 Å². The first-order valence-corrected chi connectivity index (χ1v) is 7.49. The van der Waals surface area contributed by atoms with E-state index in [9.17, 15) is 0 Å². The maximum atomic E-state index is 6.07. The van der Waals surface area contributed by atoms with Crippen LogP contribution in [0.3, 0.4) is 0 Å². The van der Waals surface area contributed by atoms with E-state index in [0.717, 1.165) is 23.3 Å². The van der Waals surface area contributed by atoms with Crippen molar-refractivity contribution in [3.8, 4) is 0 Å². The highest BCUT2D eigenvalue weighted by atomic mass is 35.5. The van der Waals surface area contributed by atoms with Crippen molar-refractivity contribution in [2.75, 3.05) is 0 Å². The summed E-state index contributed by atoms with van der Waals surface area (Å²) < 4.78 is 0. The molecule has 1 aromatic carbocycles. The van der Waals surface area contributed by atoms with Gasteiger partial charge < -0.3 is 5.32 Å². The van der Waals surface area contributed by atoms with Crippen LogP contribution in [-0.4, -0.2) is 6.04 Å². The number of hydrogen-bond donors (Lipinski definition) is 1. The van der Waals surface area contributed by atoms with E-state index in [0.29, 0.717) is 12.1 Å². The van der Waals surface area contributed by atoms with Gasteiger partial charge in [0.15, 0.2) is 0 Å². The third-order valence-electron chi connectivity index (χ3n) is 4.21. The molecule has 100 valence electrons. The monoisotopic (exact) mass is 265 g/mol. The highest BCUT2D eigenvalue weighted by molar-refractivity contribution is 6.30. The number of halogens is 1. The number of nitrogens with one attached hydrogen (secondary N) is 1. The minimum atomic E-state index is 0.446. The zero-order chi connectivity index (χ0) is 13.1. The van der Waals surface area contributed by atoms with Crippen molar-refractivity contribution in [3.05, 3.63) is 34.9 Å². The zero-order valence-corrected chi connectivity index (χ0v) is 12.4. The van der Waals surface area contributed by atoms with Crippen LogP contribution in [0.25, 0.3) is 0 Å². The quantitative estimate of drug-likeness (QED) is 0.805. The second-order valence-electron chi connectivity index (χ2n) is 5.85. The van der Waals surface area contributed by atoms with Crippen molar-refractivity contribution in [2.45, 2.75) is 52.1 Å². The largest absolute Gasteiger partial charge is 0.307 e. The van der Waals surface area contributed by atoms with Gasteiger partial charge in [0.2, 0.25) is 0 Å². The molecule has 1 atom stereocenters. The average molecular weight is 266 g/mol. The first-order chi connectivity index (χ1) is 8.60. The molecule has 0 radical (unpaired) electrons. The summed E-state index contributed by atoms with van der Waals surface area (Å²) in [6.07, 6.45) is 3.77. The van der Waals surface area contributed by atoms with Crippen LogP contribution in [0.1, 0.15) is 51.6 Å². The fourth-order valence-corrected chi connectivity index (χ4v) is 3.00. The molecule has 0 amide bonds. The van der Waals surface area contributed by atoms with Crippen LogP contribution in [0.15, 0.2) is 24.3 Å². The summed E-state index contributed by atoms with van der Waals surface area (Å²) in [7, 11) is 0. The minimum Gasteiger partial charge on any atom is -0.307 e. The molecule has 1 fully saturated rings. The summed E-state index contributed by atoms with van der Waals surface area (Å²) >= 11 is 6.07. The summed E-state index contributed by atoms with van der Waals surface area (Å²) in [5, 5.41) is 4.61. The lowest BCUT2D eigenvalue weighted by molar-refractivity contribution is 0.156. The molecular weight excluding hydrogens is 242 g/mol. The van der Waals surface area contributed by atoms with E-state index >= 15 is 0 Å². The van der Waals surface area contributed by atoms with Gasteiger partial charge in [0, 0.05) is 17.1 Å². The average Bonchev–Trinajstić information content (AvgIpc) is 2.27. The Bertz CT molecular complexity index is 382. The third kappa shape index (κ3) is 3.27. The van der Waals surface area contributed by atoms with Gasteiger partial charge in [-0.25, -0.2) is 0 Å². The maximum Gasteiger partial charge on any atom is 0.0409 e. The molecule has 0 spiro atoms. The van der Waals surface area contributed by atoms with Crippen LogP contribution in [0.5, 0.6) is 0 Å². The van der Waals surface area contributed by atoms with E-state index in [2.05, 4.69) is 38.2 Å². The summed E-state index contributed by atoms with van der Waals surface area (Å²) in [5.41, 5.74) is 1.32. The van der Waals surface area contributed by atoms with E-state index in [1.807, 2.05) is 12.1 Å². The topological polar surface area (TPSA) is 12.0 Å². The van der Waals surface area contributed by atoms with Crippen molar-refractivity contribution in [2.24, 2.45) is 11.8 Å². The van der Waals surface area contributed by atoms with E-state index in [-0.39, 0.29) is 0 Å². The molecule has 18 heavy (non-hydrogen) atoms. The maximum absolute atomic E-state index is 6.07. The van der Waals surface area contributed by atoms with Gasteiger partial charge >= 0.3 is 0 Å². The van der Waals surface area contributed by atoms with Gasteiger partial charge in [0.25, 0.3) is 0 Å². The second-order valence-corrected chi connectivity index (χ2v) is 6.29. The van der Waals surface area contributed by atoms with Crippen LogP contribution in [-0.2, 0) is 0 Å². The number of rotatable bonds is 5. The summed E-state index contributed by atoms with van der Waals surface area (Å²) in [4.78, 5) is 0. The van der Waals surface area contributed by atoms with Crippen molar-refractivity contribution in [1.29, 1.82) is 0 Å². The molecule has 0 saturated heterocycles. The standard InChI is InChI=1S/C16H24ClN/c1-4-16(12-6-5-7-14(17)8-12)18-15-9-13(10-15)11(2)3/h5-8,11,13,15-16,18H,4,9-10H2,1-3H3. The van der Waals surface area contributed by atoms with Gasteiger partial charge in [0.1, 0.15) is 0 Å². The minimum absolute atomic E-state index is 0.446. The predicted octanol–water partition coefficient (Wildman–Crippen LogP) is 4.82. The van der Waals surface area contributed by atoms with E-state index in [1.54, 1.807) is 0 Å². The lowest BCUT2D eigenvalue weighted by Crippen LogP contribution is -2.44. The molecule has 1 aromatic rings. The van der Waals surface area contributed by atoms with Gasteiger partial charge in [-0.1, -0.05) is 44.5 Å². The van der Waals surface area contributed by atoms with Crippen molar-refractivity contribution in [1.82, 2.24) is 5.32 Å². The second kappa shape index (κ2) is 6.08. The SMILES string of the molecule is CCC(NC1CC(C(C)C)C1)c1cccc(Cl)c1. The molecule has 0 bridgehead atoms. The van der Waals surface area contributed by atoms with Gasteiger partial charge in [-0.15, -0.1) is 0 Å².